The Morgan fingerprint density at radius 2 is 2.00 bits per heavy atom. The maximum absolute atomic E-state index is 4.75. The number of fused-ring (bicyclic) bond motifs is 3. The Bertz CT molecular complexity index is 408. The van der Waals surface area contributed by atoms with Crippen LogP contribution in [0.2, 0.25) is 0 Å². The van der Waals surface area contributed by atoms with E-state index < -0.39 is 0 Å². The molecule has 17 heavy (non-hydrogen) atoms. The van der Waals surface area contributed by atoms with Gasteiger partial charge in [0.25, 0.3) is 0 Å². The molecule has 2 aliphatic carbocycles. The van der Waals surface area contributed by atoms with Crippen molar-refractivity contribution in [3.05, 3.63) is 29.1 Å². The summed E-state index contributed by atoms with van der Waals surface area (Å²) in [6.07, 6.45) is 10.4. The highest BCUT2D eigenvalue weighted by atomic mass is 14.7. The maximum atomic E-state index is 4.75. The molecule has 1 aromatic heterocycles. The summed E-state index contributed by atoms with van der Waals surface area (Å²) < 4.78 is 0. The number of hydrogen-bond acceptors (Lipinski definition) is 1. The maximum Gasteiger partial charge on any atom is 0.0472 e. The molecule has 2 unspecified atom stereocenters. The fraction of sp³-hybridized carbons (Fsp3) is 0.688. The first-order valence-electron chi connectivity index (χ1n) is 7.25. The molecule has 1 nitrogen and oxygen atoms in total. The molecule has 1 heteroatoms. The first-order chi connectivity index (χ1) is 8.27. The van der Waals surface area contributed by atoms with E-state index in [0.29, 0.717) is 5.92 Å². The summed E-state index contributed by atoms with van der Waals surface area (Å²) in [5.41, 5.74) is 4.62. The zero-order valence-corrected chi connectivity index (χ0v) is 11.1. The van der Waals surface area contributed by atoms with Crippen LogP contribution in [-0.4, -0.2) is 4.98 Å². The molecule has 0 N–H and O–H groups in total. The van der Waals surface area contributed by atoms with Gasteiger partial charge < -0.3 is 0 Å². The number of rotatable bonds is 1. The van der Waals surface area contributed by atoms with Gasteiger partial charge in [0.05, 0.1) is 0 Å². The third kappa shape index (κ3) is 1.90. The van der Waals surface area contributed by atoms with Crippen molar-refractivity contribution in [1.82, 2.24) is 4.98 Å². The summed E-state index contributed by atoms with van der Waals surface area (Å²) in [6, 6.07) is 2.24. The third-order valence-electron chi connectivity index (χ3n) is 4.77. The van der Waals surface area contributed by atoms with Crippen molar-refractivity contribution in [1.29, 1.82) is 0 Å². The zero-order chi connectivity index (χ0) is 11.8. The van der Waals surface area contributed by atoms with Crippen LogP contribution in [-0.2, 0) is 6.42 Å². The van der Waals surface area contributed by atoms with E-state index in [4.69, 9.17) is 4.98 Å². The van der Waals surface area contributed by atoms with Crippen LogP contribution in [0.25, 0.3) is 0 Å². The lowest BCUT2D eigenvalue weighted by Crippen LogP contribution is -2.26. The summed E-state index contributed by atoms with van der Waals surface area (Å²) in [5, 5.41) is 0. The van der Waals surface area contributed by atoms with Crippen LogP contribution in [0.3, 0.4) is 0 Å². The van der Waals surface area contributed by atoms with Crippen LogP contribution in [0.5, 0.6) is 0 Å². The number of pyridine rings is 1. The van der Waals surface area contributed by atoms with E-state index >= 15 is 0 Å². The third-order valence-corrected chi connectivity index (χ3v) is 4.77. The molecule has 1 aromatic rings. The van der Waals surface area contributed by atoms with Gasteiger partial charge in [-0.15, -0.1) is 0 Å². The second-order valence-electron chi connectivity index (χ2n) is 6.11. The predicted octanol–water partition coefficient (Wildman–Crippen LogP) is 4.43. The molecule has 0 aromatic carbocycles. The first kappa shape index (κ1) is 11.3. The van der Waals surface area contributed by atoms with Crippen molar-refractivity contribution in [3.8, 4) is 0 Å². The molecule has 92 valence electrons. The molecular formula is C16H23N. The second kappa shape index (κ2) is 4.44. The van der Waals surface area contributed by atoms with E-state index in [-0.39, 0.29) is 0 Å². The monoisotopic (exact) mass is 229 g/mol. The molecule has 1 saturated carbocycles. The number of aromatic nitrogens is 1. The van der Waals surface area contributed by atoms with E-state index in [1.54, 1.807) is 11.1 Å². The SMILES string of the molecule is CC(C)c1ccnc2c1CCC1CCCCC21. The topological polar surface area (TPSA) is 12.9 Å². The quantitative estimate of drug-likeness (QED) is 0.694. The molecule has 2 aliphatic rings. The Morgan fingerprint density at radius 1 is 1.18 bits per heavy atom. The lowest BCUT2D eigenvalue weighted by atomic mass is 9.69. The number of hydrogen-bond donors (Lipinski definition) is 0. The van der Waals surface area contributed by atoms with Crippen molar-refractivity contribution >= 4 is 0 Å². The van der Waals surface area contributed by atoms with Gasteiger partial charge in [0.15, 0.2) is 0 Å². The van der Waals surface area contributed by atoms with Crippen LogP contribution < -0.4 is 0 Å². The van der Waals surface area contributed by atoms with Gasteiger partial charge in [-0.1, -0.05) is 26.7 Å². The van der Waals surface area contributed by atoms with E-state index in [1.807, 2.05) is 6.20 Å². The lowest BCUT2D eigenvalue weighted by molar-refractivity contribution is 0.269. The Balaban J connectivity index is 2.02. The predicted molar refractivity (Wildman–Crippen MR) is 71.3 cm³/mol. The lowest BCUT2D eigenvalue weighted by Gasteiger charge is -2.37. The Labute approximate surface area is 105 Å². The molecule has 1 heterocycles. The summed E-state index contributed by atoms with van der Waals surface area (Å²) in [7, 11) is 0. The molecule has 0 saturated heterocycles. The standard InChI is InChI=1S/C16H23N/c1-11(2)13-9-10-17-16-14-6-4-3-5-12(14)7-8-15(13)16/h9-12,14H,3-8H2,1-2H3. The van der Waals surface area contributed by atoms with E-state index in [2.05, 4.69) is 19.9 Å². The largest absolute Gasteiger partial charge is 0.261 e. The van der Waals surface area contributed by atoms with Gasteiger partial charge in [0, 0.05) is 17.8 Å². The summed E-state index contributed by atoms with van der Waals surface area (Å²) in [6.45, 7) is 4.62. The van der Waals surface area contributed by atoms with Crippen molar-refractivity contribution < 1.29 is 0 Å². The molecule has 0 radical (unpaired) electrons. The summed E-state index contributed by atoms with van der Waals surface area (Å²) >= 11 is 0. The van der Waals surface area contributed by atoms with Gasteiger partial charge in [-0.05, 0) is 54.7 Å². The Morgan fingerprint density at radius 3 is 2.82 bits per heavy atom. The minimum atomic E-state index is 0.645. The molecular weight excluding hydrogens is 206 g/mol. The van der Waals surface area contributed by atoms with Crippen molar-refractivity contribution in [3.63, 3.8) is 0 Å². The van der Waals surface area contributed by atoms with Gasteiger partial charge in [-0.25, -0.2) is 0 Å². The van der Waals surface area contributed by atoms with Gasteiger partial charge in [-0.3, -0.25) is 4.98 Å². The zero-order valence-electron chi connectivity index (χ0n) is 11.1. The normalized spacial score (nSPS) is 27.7. The molecule has 1 fully saturated rings. The second-order valence-corrected chi connectivity index (χ2v) is 6.11. The highest BCUT2D eigenvalue weighted by Crippen LogP contribution is 2.45. The average molecular weight is 229 g/mol. The van der Waals surface area contributed by atoms with Gasteiger partial charge >= 0.3 is 0 Å². The van der Waals surface area contributed by atoms with Gasteiger partial charge in [0.1, 0.15) is 0 Å². The van der Waals surface area contributed by atoms with E-state index in [9.17, 15) is 0 Å². The number of nitrogens with zero attached hydrogens (tertiary/aromatic N) is 1. The first-order valence-corrected chi connectivity index (χ1v) is 7.25. The molecule has 0 bridgehead atoms. The fourth-order valence-electron chi connectivity index (χ4n) is 3.90. The minimum Gasteiger partial charge on any atom is -0.261 e. The van der Waals surface area contributed by atoms with Crippen LogP contribution in [0.15, 0.2) is 12.3 Å². The highest BCUT2D eigenvalue weighted by molar-refractivity contribution is 5.37. The molecule has 3 rings (SSSR count). The summed E-state index contributed by atoms with van der Waals surface area (Å²) in [5.74, 6) is 2.37. The van der Waals surface area contributed by atoms with Crippen molar-refractivity contribution in [2.45, 2.75) is 64.2 Å². The Hall–Kier alpha value is -0.850. The van der Waals surface area contributed by atoms with Crippen molar-refractivity contribution in [2.75, 3.05) is 0 Å². The van der Waals surface area contributed by atoms with Gasteiger partial charge in [0.2, 0.25) is 0 Å². The fourth-order valence-corrected chi connectivity index (χ4v) is 3.90. The minimum absolute atomic E-state index is 0.645. The molecule has 2 atom stereocenters. The van der Waals surface area contributed by atoms with Crippen LogP contribution in [0.4, 0.5) is 0 Å². The van der Waals surface area contributed by atoms with Gasteiger partial charge in [-0.2, -0.15) is 0 Å². The van der Waals surface area contributed by atoms with E-state index in [0.717, 1.165) is 11.8 Å². The van der Waals surface area contributed by atoms with Crippen LogP contribution in [0, 0.1) is 5.92 Å². The van der Waals surface area contributed by atoms with Crippen LogP contribution in [0.1, 0.15) is 74.6 Å². The molecule has 0 aliphatic heterocycles. The summed E-state index contributed by atoms with van der Waals surface area (Å²) in [4.78, 5) is 4.75. The average Bonchev–Trinajstić information content (AvgIpc) is 2.37. The van der Waals surface area contributed by atoms with E-state index in [1.165, 1.54) is 44.2 Å². The molecule has 0 spiro atoms. The Kier molecular flexibility index (Phi) is 2.94. The highest BCUT2D eigenvalue weighted by Gasteiger charge is 2.33. The van der Waals surface area contributed by atoms with Crippen molar-refractivity contribution in [2.24, 2.45) is 5.92 Å². The smallest absolute Gasteiger partial charge is 0.0472 e. The van der Waals surface area contributed by atoms with Crippen LogP contribution >= 0.6 is 0 Å². The molecule has 0 amide bonds.